The van der Waals surface area contributed by atoms with Crippen LogP contribution in [0.25, 0.3) is 11.1 Å². The Bertz CT molecular complexity index is 1160. The molecule has 5 rings (SSSR count). The number of aliphatic carboxylic acids is 1. The predicted molar refractivity (Wildman–Crippen MR) is 122 cm³/mol. The lowest BCUT2D eigenvalue weighted by molar-refractivity contribution is -0.156. The van der Waals surface area contributed by atoms with E-state index in [0.717, 1.165) is 27.2 Å². The maximum absolute atomic E-state index is 14.4. The molecule has 2 aromatic carbocycles. The van der Waals surface area contributed by atoms with E-state index < -0.39 is 47.8 Å². The van der Waals surface area contributed by atoms with Crippen molar-refractivity contribution in [3.63, 3.8) is 0 Å². The summed E-state index contributed by atoms with van der Waals surface area (Å²) in [6, 6.07) is 15.7. The Morgan fingerprint density at radius 2 is 1.69 bits per heavy atom. The summed E-state index contributed by atoms with van der Waals surface area (Å²) in [5.74, 6) is -8.59. The Kier molecular flexibility index (Phi) is 5.53. The molecule has 1 saturated carbocycles. The highest BCUT2D eigenvalue weighted by Gasteiger charge is 2.73. The van der Waals surface area contributed by atoms with E-state index in [1.165, 1.54) is 6.92 Å². The monoisotopic (exact) mass is 484 g/mol. The van der Waals surface area contributed by atoms with Gasteiger partial charge in [0.1, 0.15) is 18.1 Å². The molecule has 1 heterocycles. The average Bonchev–Trinajstić information content (AvgIpc) is 3.11. The van der Waals surface area contributed by atoms with Crippen LogP contribution in [0, 0.1) is 11.8 Å². The van der Waals surface area contributed by atoms with Gasteiger partial charge in [-0.1, -0.05) is 48.5 Å². The van der Waals surface area contributed by atoms with Gasteiger partial charge in [0.25, 0.3) is 5.92 Å². The lowest BCUT2D eigenvalue weighted by atomic mass is 9.98. The van der Waals surface area contributed by atoms with Gasteiger partial charge in [-0.15, -0.1) is 0 Å². The molecule has 7 nitrogen and oxygen atoms in total. The third kappa shape index (κ3) is 3.73. The van der Waals surface area contributed by atoms with Gasteiger partial charge in [0.05, 0.1) is 5.92 Å². The standard InChI is InChI=1S/C26H26F2N2O5/c1-25(23(32)33)11-6-12-30(25)22(31)21-20(26(21,27)28)13-29-24(34)35-14-19-17-9-4-2-7-15(17)16-8-3-5-10-18(16)19/h2-5,7-10,19-21H,6,11-14H2,1H3,(H,29,34)(H,32,33)/t20?,21?,25-/m0/s1. The van der Waals surface area contributed by atoms with E-state index in [1.807, 2.05) is 48.5 Å². The van der Waals surface area contributed by atoms with Crippen molar-refractivity contribution in [3.8, 4) is 11.1 Å². The number of amides is 2. The first-order valence-electron chi connectivity index (χ1n) is 11.7. The minimum Gasteiger partial charge on any atom is -0.480 e. The Hall–Kier alpha value is -3.49. The van der Waals surface area contributed by atoms with Gasteiger partial charge in [-0.25, -0.2) is 18.4 Å². The van der Waals surface area contributed by atoms with E-state index in [1.54, 1.807) is 0 Å². The molecule has 3 atom stereocenters. The van der Waals surface area contributed by atoms with Gasteiger partial charge in [0.15, 0.2) is 0 Å². The van der Waals surface area contributed by atoms with Crippen LogP contribution in [0.4, 0.5) is 13.6 Å². The molecule has 0 radical (unpaired) electrons. The highest BCUT2D eigenvalue weighted by Crippen LogP contribution is 2.56. The van der Waals surface area contributed by atoms with Gasteiger partial charge in [-0.2, -0.15) is 0 Å². The van der Waals surface area contributed by atoms with E-state index >= 15 is 0 Å². The Morgan fingerprint density at radius 1 is 1.09 bits per heavy atom. The first-order chi connectivity index (χ1) is 16.7. The molecule has 2 aliphatic carbocycles. The fourth-order valence-electron chi connectivity index (χ4n) is 5.53. The summed E-state index contributed by atoms with van der Waals surface area (Å²) >= 11 is 0. The molecule has 2 amide bonds. The van der Waals surface area contributed by atoms with E-state index in [2.05, 4.69) is 5.32 Å². The topological polar surface area (TPSA) is 95.9 Å². The molecule has 1 saturated heterocycles. The number of nitrogens with zero attached hydrogens (tertiary/aromatic N) is 1. The molecule has 184 valence electrons. The normalized spacial score (nSPS) is 26.1. The van der Waals surface area contributed by atoms with Crippen molar-refractivity contribution in [2.45, 2.75) is 37.1 Å². The minimum absolute atomic E-state index is 0.0496. The summed E-state index contributed by atoms with van der Waals surface area (Å²) in [4.78, 5) is 37.8. The first-order valence-corrected chi connectivity index (χ1v) is 11.7. The number of benzene rings is 2. The zero-order valence-electron chi connectivity index (χ0n) is 19.2. The lowest BCUT2D eigenvalue weighted by Gasteiger charge is -2.31. The van der Waals surface area contributed by atoms with E-state index in [0.29, 0.717) is 6.42 Å². The van der Waals surface area contributed by atoms with Crippen molar-refractivity contribution >= 4 is 18.0 Å². The quantitative estimate of drug-likeness (QED) is 0.649. The number of alkyl halides is 2. The van der Waals surface area contributed by atoms with Crippen LogP contribution in [-0.4, -0.2) is 59.1 Å². The summed E-state index contributed by atoms with van der Waals surface area (Å²) in [5, 5.41) is 11.8. The summed E-state index contributed by atoms with van der Waals surface area (Å²) < 4.78 is 34.3. The van der Waals surface area contributed by atoms with Gasteiger partial charge in [0, 0.05) is 19.0 Å². The molecule has 9 heteroatoms. The van der Waals surface area contributed by atoms with Gasteiger partial charge in [-0.05, 0) is 42.0 Å². The zero-order chi connectivity index (χ0) is 25.0. The molecule has 2 N–H and O–H groups in total. The number of carboxylic acid groups (broad SMARTS) is 1. The second kappa shape index (κ2) is 8.32. The number of fused-ring (bicyclic) bond motifs is 3. The largest absolute Gasteiger partial charge is 0.480 e. The van der Waals surface area contributed by atoms with Gasteiger partial charge in [0.2, 0.25) is 5.91 Å². The van der Waals surface area contributed by atoms with Crippen molar-refractivity contribution in [1.82, 2.24) is 10.2 Å². The van der Waals surface area contributed by atoms with Crippen LogP contribution in [0.2, 0.25) is 0 Å². The zero-order valence-corrected chi connectivity index (χ0v) is 19.2. The van der Waals surface area contributed by atoms with Gasteiger partial charge >= 0.3 is 12.1 Å². The molecule has 0 spiro atoms. The summed E-state index contributed by atoms with van der Waals surface area (Å²) in [6.45, 7) is 1.12. The molecule has 35 heavy (non-hydrogen) atoms. The highest BCUT2D eigenvalue weighted by atomic mass is 19.3. The molecule has 2 aromatic rings. The molecule has 3 aliphatic rings. The Morgan fingerprint density at radius 3 is 2.29 bits per heavy atom. The number of alkyl carbamates (subject to hydrolysis) is 1. The summed E-state index contributed by atoms with van der Waals surface area (Å²) in [7, 11) is 0. The second-order valence-corrected chi connectivity index (χ2v) is 9.64. The minimum atomic E-state index is -3.31. The Labute approximate surface area is 201 Å². The molecule has 1 aliphatic heterocycles. The number of carbonyl (C=O) groups is 3. The predicted octanol–water partition coefficient (Wildman–Crippen LogP) is 3.87. The molecular weight excluding hydrogens is 458 g/mol. The first kappa shape index (κ1) is 23.3. The van der Waals surface area contributed by atoms with Gasteiger partial charge < -0.3 is 20.1 Å². The number of hydrogen-bond donors (Lipinski definition) is 2. The number of ether oxygens (including phenoxy) is 1. The number of rotatable bonds is 6. The van der Waals surface area contributed by atoms with Gasteiger partial charge in [-0.3, -0.25) is 4.79 Å². The maximum atomic E-state index is 14.4. The number of carbonyl (C=O) groups excluding carboxylic acids is 2. The molecule has 0 bridgehead atoms. The number of hydrogen-bond acceptors (Lipinski definition) is 4. The van der Waals surface area contributed by atoms with Crippen LogP contribution in [0.1, 0.15) is 36.8 Å². The molecule has 2 fully saturated rings. The molecule has 2 unspecified atom stereocenters. The van der Waals surface area contributed by atoms with Crippen LogP contribution < -0.4 is 5.32 Å². The Balaban J connectivity index is 1.19. The van der Waals surface area contributed by atoms with Crippen LogP contribution in [0.3, 0.4) is 0 Å². The maximum Gasteiger partial charge on any atom is 0.407 e. The highest BCUT2D eigenvalue weighted by molar-refractivity contribution is 5.91. The SMILES string of the molecule is C[C@@]1(C(=O)O)CCCN1C(=O)C1C(CNC(=O)OCC2c3ccccc3-c3ccccc32)C1(F)F. The third-order valence-corrected chi connectivity index (χ3v) is 7.65. The molecule has 0 aromatic heterocycles. The molecular formula is C26H26F2N2O5. The van der Waals surface area contributed by atoms with E-state index in [-0.39, 0.29) is 25.5 Å². The smallest absolute Gasteiger partial charge is 0.407 e. The van der Waals surface area contributed by atoms with Crippen molar-refractivity contribution in [1.29, 1.82) is 0 Å². The fraction of sp³-hybridized carbons (Fsp3) is 0.423. The van der Waals surface area contributed by atoms with E-state index in [4.69, 9.17) is 4.74 Å². The fourth-order valence-corrected chi connectivity index (χ4v) is 5.53. The average molecular weight is 484 g/mol. The number of likely N-dealkylation sites (tertiary alicyclic amines) is 1. The van der Waals surface area contributed by atoms with Crippen molar-refractivity contribution in [2.24, 2.45) is 11.8 Å². The van der Waals surface area contributed by atoms with Crippen molar-refractivity contribution in [3.05, 3.63) is 59.7 Å². The van der Waals surface area contributed by atoms with Crippen LogP contribution in [0.15, 0.2) is 48.5 Å². The van der Waals surface area contributed by atoms with Crippen LogP contribution >= 0.6 is 0 Å². The van der Waals surface area contributed by atoms with Crippen molar-refractivity contribution < 1.29 is 33.0 Å². The van der Waals surface area contributed by atoms with E-state index in [9.17, 15) is 28.3 Å². The van der Waals surface area contributed by atoms with Crippen molar-refractivity contribution in [2.75, 3.05) is 19.7 Å². The lowest BCUT2D eigenvalue weighted by Crippen LogP contribution is -2.51. The number of nitrogens with one attached hydrogen (secondary N) is 1. The second-order valence-electron chi connectivity index (χ2n) is 9.64. The van der Waals surface area contributed by atoms with Crippen LogP contribution in [-0.2, 0) is 14.3 Å². The summed E-state index contributed by atoms with van der Waals surface area (Å²) in [5.41, 5.74) is 2.74. The number of halogens is 2. The van der Waals surface area contributed by atoms with Crippen LogP contribution in [0.5, 0.6) is 0 Å². The summed E-state index contributed by atoms with van der Waals surface area (Å²) in [6.07, 6.45) is -0.179. The number of carboxylic acids is 1. The third-order valence-electron chi connectivity index (χ3n) is 7.65.